The lowest BCUT2D eigenvalue weighted by Gasteiger charge is -2.34. The molecular weight excluding hydrogens is 306 g/mol. The van der Waals surface area contributed by atoms with E-state index in [-0.39, 0.29) is 11.1 Å². The van der Waals surface area contributed by atoms with Gasteiger partial charge in [0.1, 0.15) is 9.90 Å². The highest BCUT2D eigenvalue weighted by molar-refractivity contribution is 7.92. The summed E-state index contributed by atoms with van der Waals surface area (Å²) in [6.07, 6.45) is 7.51. The summed E-state index contributed by atoms with van der Waals surface area (Å²) in [6.45, 7) is 2.89. The second-order valence-electron chi connectivity index (χ2n) is 6.02. The number of anilines is 2. The molecule has 7 heteroatoms. The second kappa shape index (κ2) is 5.76. The molecular formula is C14H23N3O2S2. The highest BCUT2D eigenvalue weighted by Crippen LogP contribution is 2.43. The standard InChI is InChI=1S/C14H23N3O2S2/c1-2-17(10-6-4-3-5-7-10)14-12(13(15)16-20-14)21(18,19)11-8-9-11/h10-11H,2-9H2,1H3,(H2,15,16). The van der Waals surface area contributed by atoms with Crippen molar-refractivity contribution in [1.82, 2.24) is 4.37 Å². The third kappa shape index (κ3) is 2.77. The van der Waals surface area contributed by atoms with Gasteiger partial charge in [-0.15, -0.1) is 0 Å². The Morgan fingerprint density at radius 1 is 1.24 bits per heavy atom. The Balaban J connectivity index is 1.97. The van der Waals surface area contributed by atoms with Crippen LogP contribution in [0.1, 0.15) is 51.9 Å². The Morgan fingerprint density at radius 3 is 2.48 bits per heavy atom. The lowest BCUT2D eigenvalue weighted by molar-refractivity contribution is 0.418. The van der Waals surface area contributed by atoms with Crippen LogP contribution in [0.25, 0.3) is 0 Å². The molecule has 2 aliphatic rings. The largest absolute Gasteiger partial charge is 0.382 e. The SMILES string of the molecule is CCN(c1snc(N)c1S(=O)(=O)C1CC1)C1CCCCC1. The number of sulfone groups is 1. The minimum Gasteiger partial charge on any atom is -0.382 e. The smallest absolute Gasteiger partial charge is 0.187 e. The molecule has 1 heterocycles. The molecule has 0 aromatic carbocycles. The number of rotatable bonds is 5. The zero-order chi connectivity index (χ0) is 15.0. The van der Waals surface area contributed by atoms with Crippen molar-refractivity contribution in [2.45, 2.75) is 68.1 Å². The van der Waals surface area contributed by atoms with Gasteiger partial charge in [0.25, 0.3) is 0 Å². The summed E-state index contributed by atoms with van der Waals surface area (Å²) in [6, 6.07) is 0.428. The van der Waals surface area contributed by atoms with Crippen molar-refractivity contribution in [1.29, 1.82) is 0 Å². The monoisotopic (exact) mass is 329 g/mol. The molecule has 0 saturated heterocycles. The quantitative estimate of drug-likeness (QED) is 0.899. The average Bonchev–Trinajstić information content (AvgIpc) is 3.26. The van der Waals surface area contributed by atoms with Crippen LogP contribution >= 0.6 is 11.5 Å². The molecule has 118 valence electrons. The molecule has 5 nitrogen and oxygen atoms in total. The molecule has 0 unspecified atom stereocenters. The van der Waals surface area contributed by atoms with E-state index in [9.17, 15) is 8.42 Å². The summed E-state index contributed by atoms with van der Waals surface area (Å²) in [5.41, 5.74) is 5.91. The lowest BCUT2D eigenvalue weighted by Crippen LogP contribution is -2.37. The number of aromatic nitrogens is 1. The number of nitrogens with two attached hydrogens (primary N) is 1. The first-order chi connectivity index (χ1) is 10.1. The maximum atomic E-state index is 12.7. The summed E-state index contributed by atoms with van der Waals surface area (Å²) in [5.74, 6) is 0.191. The first kappa shape index (κ1) is 15.1. The Morgan fingerprint density at radius 2 is 1.90 bits per heavy atom. The van der Waals surface area contributed by atoms with Crippen LogP contribution in [-0.4, -0.2) is 30.6 Å². The molecule has 2 N–H and O–H groups in total. The fraction of sp³-hybridized carbons (Fsp3) is 0.786. The van der Waals surface area contributed by atoms with E-state index in [2.05, 4.69) is 16.2 Å². The van der Waals surface area contributed by atoms with Gasteiger partial charge >= 0.3 is 0 Å². The minimum atomic E-state index is -3.30. The predicted octanol–water partition coefficient (Wildman–Crippen LogP) is 2.82. The highest BCUT2D eigenvalue weighted by Gasteiger charge is 2.42. The van der Waals surface area contributed by atoms with Gasteiger partial charge in [-0.1, -0.05) is 19.3 Å². The molecule has 0 atom stereocenters. The second-order valence-corrected chi connectivity index (χ2v) is 8.94. The molecule has 1 aromatic rings. The number of nitrogen functional groups attached to an aromatic ring is 1. The van der Waals surface area contributed by atoms with Gasteiger partial charge in [0.15, 0.2) is 15.7 Å². The first-order valence-corrected chi connectivity index (χ1v) is 10.1. The maximum Gasteiger partial charge on any atom is 0.187 e. The van der Waals surface area contributed by atoms with Crippen LogP contribution < -0.4 is 10.6 Å². The molecule has 1 aromatic heterocycles. The summed E-state index contributed by atoms with van der Waals surface area (Å²) in [4.78, 5) is 2.53. The van der Waals surface area contributed by atoms with E-state index in [0.29, 0.717) is 10.9 Å². The van der Waals surface area contributed by atoms with Crippen LogP contribution in [0.5, 0.6) is 0 Å². The Kier molecular flexibility index (Phi) is 4.14. The zero-order valence-corrected chi connectivity index (χ0v) is 14.0. The van der Waals surface area contributed by atoms with Crippen molar-refractivity contribution >= 4 is 32.2 Å². The first-order valence-electron chi connectivity index (χ1n) is 7.81. The highest BCUT2D eigenvalue weighted by atomic mass is 32.2. The van der Waals surface area contributed by atoms with Crippen LogP contribution in [-0.2, 0) is 9.84 Å². The predicted molar refractivity (Wildman–Crippen MR) is 86.6 cm³/mol. The van der Waals surface area contributed by atoms with Crippen molar-refractivity contribution in [2.24, 2.45) is 0 Å². The molecule has 0 amide bonds. The van der Waals surface area contributed by atoms with E-state index in [1.807, 2.05) is 0 Å². The molecule has 3 rings (SSSR count). The molecule has 0 radical (unpaired) electrons. The fourth-order valence-corrected chi connectivity index (χ4v) is 6.39. The van der Waals surface area contributed by atoms with Gasteiger partial charge in [-0.05, 0) is 44.1 Å². The van der Waals surface area contributed by atoms with Gasteiger partial charge < -0.3 is 10.6 Å². The van der Waals surface area contributed by atoms with E-state index in [1.165, 1.54) is 30.8 Å². The molecule has 21 heavy (non-hydrogen) atoms. The lowest BCUT2D eigenvalue weighted by atomic mass is 9.94. The van der Waals surface area contributed by atoms with Gasteiger partial charge in [0.05, 0.1) is 5.25 Å². The molecule has 2 aliphatic carbocycles. The van der Waals surface area contributed by atoms with E-state index in [4.69, 9.17) is 5.73 Å². The van der Waals surface area contributed by atoms with Gasteiger partial charge in [0.2, 0.25) is 0 Å². The van der Waals surface area contributed by atoms with Crippen LogP contribution in [0, 0.1) is 0 Å². The Labute approximate surface area is 130 Å². The van der Waals surface area contributed by atoms with Crippen LogP contribution in [0.3, 0.4) is 0 Å². The van der Waals surface area contributed by atoms with E-state index >= 15 is 0 Å². The van der Waals surface area contributed by atoms with Gasteiger partial charge in [-0.3, -0.25) is 0 Å². The van der Waals surface area contributed by atoms with Crippen molar-refractivity contribution < 1.29 is 8.42 Å². The van der Waals surface area contributed by atoms with Gasteiger partial charge in [-0.25, -0.2) is 8.42 Å². The van der Waals surface area contributed by atoms with Crippen LogP contribution in [0.4, 0.5) is 10.8 Å². The Bertz CT molecular complexity index is 602. The average molecular weight is 329 g/mol. The minimum absolute atomic E-state index is 0.191. The number of hydrogen-bond donors (Lipinski definition) is 1. The summed E-state index contributed by atoms with van der Waals surface area (Å²) in [7, 11) is -3.30. The van der Waals surface area contributed by atoms with Crippen molar-refractivity contribution in [3.05, 3.63) is 0 Å². The Hall–Kier alpha value is -0.820. The molecule has 2 saturated carbocycles. The topological polar surface area (TPSA) is 76.3 Å². The van der Waals surface area contributed by atoms with Crippen molar-refractivity contribution in [3.8, 4) is 0 Å². The molecule has 2 fully saturated rings. The van der Waals surface area contributed by atoms with Gasteiger partial charge in [0, 0.05) is 12.6 Å². The molecule has 0 bridgehead atoms. The van der Waals surface area contributed by atoms with Crippen LogP contribution in [0.2, 0.25) is 0 Å². The van der Waals surface area contributed by atoms with Gasteiger partial charge in [-0.2, -0.15) is 4.37 Å². The number of nitrogens with zero attached hydrogens (tertiary/aromatic N) is 2. The summed E-state index contributed by atoms with van der Waals surface area (Å²) >= 11 is 1.25. The summed E-state index contributed by atoms with van der Waals surface area (Å²) in [5, 5.41) is 0.536. The third-order valence-electron chi connectivity index (χ3n) is 4.52. The van der Waals surface area contributed by atoms with E-state index in [0.717, 1.165) is 37.2 Å². The van der Waals surface area contributed by atoms with E-state index < -0.39 is 9.84 Å². The molecule has 0 aliphatic heterocycles. The fourth-order valence-electron chi connectivity index (χ4n) is 3.24. The van der Waals surface area contributed by atoms with Crippen LogP contribution in [0.15, 0.2) is 4.90 Å². The molecule has 0 spiro atoms. The van der Waals surface area contributed by atoms with E-state index in [1.54, 1.807) is 0 Å². The van der Waals surface area contributed by atoms with Crippen molar-refractivity contribution in [2.75, 3.05) is 17.2 Å². The maximum absolute atomic E-state index is 12.7. The zero-order valence-electron chi connectivity index (χ0n) is 12.4. The normalized spacial score (nSPS) is 20.6. The third-order valence-corrected chi connectivity index (χ3v) is 7.87. The van der Waals surface area contributed by atoms with Crippen molar-refractivity contribution in [3.63, 3.8) is 0 Å². The summed E-state index contributed by atoms with van der Waals surface area (Å²) < 4.78 is 29.5. The number of hydrogen-bond acceptors (Lipinski definition) is 6.